The molecule has 0 unspecified atom stereocenters. The molecule has 0 bridgehead atoms. The number of aliphatic hydroxyl groups excluding tert-OH is 3. The molecule has 10 heteroatoms. The average molecular weight is 581 g/mol. The molecule has 1 aromatic rings. The zero-order valence-corrected chi connectivity index (χ0v) is 24.5. The molecule has 4 fully saturated rings. The van der Waals surface area contributed by atoms with E-state index in [4.69, 9.17) is 5.14 Å². The number of sulfonamides is 1. The Balaban J connectivity index is 1.25. The van der Waals surface area contributed by atoms with E-state index in [1.54, 1.807) is 0 Å². The molecule has 0 aliphatic heterocycles. The first-order valence-electron chi connectivity index (χ1n) is 14.8. The predicted octanol–water partition coefficient (Wildman–Crippen LogP) is 3.79. The summed E-state index contributed by atoms with van der Waals surface area (Å²) < 4.78 is 37.3. The second kappa shape index (κ2) is 10.6. The Bertz CT molecular complexity index is 1240. The Morgan fingerprint density at radius 2 is 1.85 bits per heavy atom. The molecule has 224 valence electrons. The first kappa shape index (κ1) is 29.9. The maximum atomic E-state index is 14.4. The minimum absolute atomic E-state index is 0.0229. The van der Waals surface area contributed by atoms with Crippen LogP contribution >= 0.6 is 0 Å². The van der Waals surface area contributed by atoms with E-state index in [2.05, 4.69) is 26.1 Å². The number of primary sulfonamides is 1. The molecule has 0 aromatic heterocycles. The summed E-state index contributed by atoms with van der Waals surface area (Å²) in [6.45, 7) is 6.62. The molecule has 5 rings (SSSR count). The lowest BCUT2D eigenvalue weighted by Gasteiger charge is -2.63. The van der Waals surface area contributed by atoms with Gasteiger partial charge >= 0.3 is 0 Å². The van der Waals surface area contributed by atoms with E-state index in [0.29, 0.717) is 19.3 Å². The number of carbonyl (C=O) groups is 1. The Hall–Kier alpha value is -1.59. The van der Waals surface area contributed by atoms with Crippen molar-refractivity contribution >= 4 is 21.6 Å². The summed E-state index contributed by atoms with van der Waals surface area (Å²) in [6, 6.07) is 3.15. The molecule has 0 heterocycles. The van der Waals surface area contributed by atoms with Crippen molar-refractivity contribution in [3.05, 3.63) is 24.0 Å². The van der Waals surface area contributed by atoms with Crippen LogP contribution < -0.4 is 10.5 Å². The van der Waals surface area contributed by atoms with Crippen molar-refractivity contribution in [1.82, 2.24) is 0 Å². The molecule has 0 saturated heterocycles. The van der Waals surface area contributed by atoms with Crippen LogP contribution in [0.15, 0.2) is 23.1 Å². The lowest BCUT2D eigenvalue weighted by molar-refractivity contribution is -0.207. The van der Waals surface area contributed by atoms with E-state index >= 15 is 0 Å². The van der Waals surface area contributed by atoms with Gasteiger partial charge in [0, 0.05) is 6.42 Å². The van der Waals surface area contributed by atoms with E-state index in [0.717, 1.165) is 44.2 Å². The second-order valence-corrected chi connectivity index (χ2v) is 15.3. The van der Waals surface area contributed by atoms with E-state index in [9.17, 15) is 32.9 Å². The predicted molar refractivity (Wildman–Crippen MR) is 149 cm³/mol. The topological polar surface area (TPSA) is 150 Å². The summed E-state index contributed by atoms with van der Waals surface area (Å²) in [5.74, 6) is -0.0556. The lowest BCUT2D eigenvalue weighted by Crippen LogP contribution is -2.62. The van der Waals surface area contributed by atoms with Crippen molar-refractivity contribution in [2.45, 2.75) is 102 Å². The Labute approximate surface area is 237 Å². The van der Waals surface area contributed by atoms with E-state index < -0.39 is 28.0 Å². The minimum Gasteiger partial charge on any atom is -0.393 e. The van der Waals surface area contributed by atoms with Crippen LogP contribution in [0.2, 0.25) is 0 Å². The standard InChI is InChI=1S/C30H45FN2O6S/c1-16(4-9-27(37)33-24-8-5-19(14-23(24)31)40(32,38)39)20-6-7-21-28-22(15-26(36)30(20,21)3)29(2)11-10-18(34)12-17(29)13-25(28)35/h5,8,14,16-18,20-22,25-26,28,34-36H,4,6-7,9-13,15H2,1-3H3,(H,33,37)(H2,32,38,39)/t16-,17+,18-,20-,21+,22+,25-,26+,28+,29+,30-/m1/s1. The SMILES string of the molecule is C[C@H](CCC(=O)Nc1ccc(S(N)(=O)=O)cc1F)[C@H]1CC[C@H]2[C@@H]3[C@H](O)C[C@@H]4C[C@H](O)CC[C@]4(C)[C@H]3C[C@H](O)[C@]12C. The van der Waals surface area contributed by atoms with Crippen LogP contribution in [-0.4, -0.2) is 48.0 Å². The van der Waals surface area contributed by atoms with Crippen molar-refractivity contribution in [2.24, 2.45) is 51.5 Å². The number of amides is 1. The van der Waals surface area contributed by atoms with Crippen molar-refractivity contribution in [3.8, 4) is 0 Å². The first-order valence-corrected chi connectivity index (χ1v) is 16.4. The quantitative estimate of drug-likeness (QED) is 0.346. The lowest BCUT2D eigenvalue weighted by atomic mass is 9.43. The summed E-state index contributed by atoms with van der Waals surface area (Å²) in [4.78, 5) is 12.3. The third-order valence-electron chi connectivity index (χ3n) is 11.9. The number of halogens is 1. The molecule has 4 aliphatic carbocycles. The largest absolute Gasteiger partial charge is 0.393 e. The molecule has 1 amide bonds. The molecule has 4 aliphatic rings. The van der Waals surface area contributed by atoms with Crippen LogP contribution in [0.1, 0.15) is 78.6 Å². The molecular formula is C30H45FN2O6S. The van der Waals surface area contributed by atoms with Gasteiger partial charge in [0.2, 0.25) is 15.9 Å². The van der Waals surface area contributed by atoms with Gasteiger partial charge in [-0.05, 0) is 116 Å². The van der Waals surface area contributed by atoms with Gasteiger partial charge in [0.05, 0.1) is 28.9 Å². The number of hydrogen-bond acceptors (Lipinski definition) is 6. The number of aliphatic hydroxyl groups is 3. The normalized spacial score (nSPS) is 41.9. The van der Waals surface area contributed by atoms with E-state index in [-0.39, 0.29) is 75.4 Å². The van der Waals surface area contributed by atoms with E-state index in [1.165, 1.54) is 6.07 Å². The summed E-state index contributed by atoms with van der Waals surface area (Å²) in [6.07, 6.45) is 5.21. The maximum Gasteiger partial charge on any atom is 0.238 e. The fourth-order valence-electron chi connectivity index (χ4n) is 9.68. The molecule has 0 radical (unpaired) electrons. The van der Waals surface area contributed by atoms with Crippen molar-refractivity contribution < 1.29 is 32.9 Å². The number of nitrogens with two attached hydrogens (primary N) is 1. The maximum absolute atomic E-state index is 14.4. The van der Waals surface area contributed by atoms with E-state index in [1.807, 2.05) is 0 Å². The van der Waals surface area contributed by atoms with Crippen LogP contribution in [0.3, 0.4) is 0 Å². The Kier molecular flexibility index (Phi) is 7.92. The number of benzene rings is 1. The second-order valence-electron chi connectivity index (χ2n) is 13.8. The molecule has 40 heavy (non-hydrogen) atoms. The molecule has 8 nitrogen and oxygen atoms in total. The molecular weight excluding hydrogens is 535 g/mol. The van der Waals surface area contributed by atoms with Crippen LogP contribution in [0.5, 0.6) is 0 Å². The number of carbonyl (C=O) groups excluding carboxylic acids is 1. The van der Waals surface area contributed by atoms with Crippen LogP contribution in [0.4, 0.5) is 10.1 Å². The van der Waals surface area contributed by atoms with Crippen LogP contribution in [0.25, 0.3) is 0 Å². The third-order valence-corrected chi connectivity index (χ3v) is 12.8. The van der Waals surface area contributed by atoms with Gasteiger partial charge in [-0.1, -0.05) is 20.8 Å². The highest BCUT2D eigenvalue weighted by Gasteiger charge is 2.65. The van der Waals surface area contributed by atoms with Gasteiger partial charge in [0.1, 0.15) is 5.82 Å². The van der Waals surface area contributed by atoms with Gasteiger partial charge in [-0.15, -0.1) is 0 Å². The zero-order chi connectivity index (χ0) is 29.2. The number of fused-ring (bicyclic) bond motifs is 5. The molecule has 4 saturated carbocycles. The van der Waals surface area contributed by atoms with Gasteiger partial charge in [-0.3, -0.25) is 4.79 Å². The Morgan fingerprint density at radius 1 is 1.12 bits per heavy atom. The van der Waals surface area contributed by atoms with Crippen molar-refractivity contribution in [2.75, 3.05) is 5.32 Å². The first-order chi connectivity index (χ1) is 18.7. The average Bonchev–Trinajstić information content (AvgIpc) is 3.23. The van der Waals surface area contributed by atoms with Gasteiger partial charge in [-0.2, -0.15) is 0 Å². The number of rotatable bonds is 6. The zero-order valence-electron chi connectivity index (χ0n) is 23.7. The fraction of sp³-hybridized carbons (Fsp3) is 0.767. The summed E-state index contributed by atoms with van der Waals surface area (Å²) in [5.41, 5.74) is -0.430. The highest BCUT2D eigenvalue weighted by atomic mass is 32.2. The summed E-state index contributed by atoms with van der Waals surface area (Å²) >= 11 is 0. The van der Waals surface area contributed by atoms with Crippen molar-refractivity contribution in [3.63, 3.8) is 0 Å². The van der Waals surface area contributed by atoms with Crippen molar-refractivity contribution in [1.29, 1.82) is 0 Å². The summed E-state index contributed by atoms with van der Waals surface area (Å²) in [7, 11) is -4.04. The highest BCUT2D eigenvalue weighted by Crippen LogP contribution is 2.68. The molecule has 0 spiro atoms. The van der Waals surface area contributed by atoms with Gasteiger partial charge in [0.15, 0.2) is 0 Å². The molecule has 1 aromatic carbocycles. The highest BCUT2D eigenvalue weighted by molar-refractivity contribution is 7.89. The minimum atomic E-state index is -4.04. The van der Waals surface area contributed by atoms with Gasteiger partial charge < -0.3 is 20.6 Å². The number of anilines is 1. The van der Waals surface area contributed by atoms with Crippen LogP contribution in [-0.2, 0) is 14.8 Å². The monoisotopic (exact) mass is 580 g/mol. The number of nitrogens with one attached hydrogen (secondary N) is 1. The summed E-state index contributed by atoms with van der Waals surface area (Å²) in [5, 5.41) is 41.0. The Morgan fingerprint density at radius 3 is 2.52 bits per heavy atom. The van der Waals surface area contributed by atoms with Gasteiger partial charge in [-0.25, -0.2) is 17.9 Å². The molecule has 11 atom stereocenters. The fourth-order valence-corrected chi connectivity index (χ4v) is 10.2. The smallest absolute Gasteiger partial charge is 0.238 e. The number of hydrogen-bond donors (Lipinski definition) is 5. The molecule has 6 N–H and O–H groups in total. The van der Waals surface area contributed by atoms with Gasteiger partial charge in [0.25, 0.3) is 0 Å². The van der Waals surface area contributed by atoms with Crippen LogP contribution in [0, 0.1) is 52.2 Å². The third kappa shape index (κ3) is 5.02.